The van der Waals surface area contributed by atoms with E-state index in [0.29, 0.717) is 25.0 Å². The molecule has 1 saturated carbocycles. The van der Waals surface area contributed by atoms with E-state index in [0.717, 1.165) is 44.3 Å². The molecule has 176 valence electrons. The lowest BCUT2D eigenvalue weighted by atomic mass is 9.90. The molecule has 32 heavy (non-hydrogen) atoms. The fraction of sp³-hybridized carbons (Fsp3) is 0.652. The van der Waals surface area contributed by atoms with Gasteiger partial charge in [-0.2, -0.15) is 5.26 Å². The monoisotopic (exact) mass is 443 g/mol. The van der Waals surface area contributed by atoms with Crippen LogP contribution < -0.4 is 16.0 Å². The third-order valence-electron chi connectivity index (χ3n) is 5.57. The lowest BCUT2D eigenvalue weighted by Crippen LogP contribution is -2.40. The molecule has 0 radical (unpaired) electrons. The molecule has 0 spiro atoms. The number of aromatic nitrogens is 1. The van der Waals surface area contributed by atoms with E-state index in [1.54, 1.807) is 19.4 Å². The average Bonchev–Trinajstić information content (AvgIpc) is 2.83. The summed E-state index contributed by atoms with van der Waals surface area (Å²) in [6, 6.07) is 3.46. The third kappa shape index (κ3) is 10.4. The minimum atomic E-state index is -0.170. The number of anilines is 1. The molecule has 2 rings (SSSR count). The van der Waals surface area contributed by atoms with Gasteiger partial charge in [-0.25, -0.2) is 9.86 Å². The van der Waals surface area contributed by atoms with Gasteiger partial charge in [0, 0.05) is 31.7 Å². The molecule has 1 aromatic rings. The molecule has 1 aliphatic carbocycles. The van der Waals surface area contributed by atoms with Gasteiger partial charge < -0.3 is 16.0 Å². The molecule has 9 nitrogen and oxygen atoms in total. The Balaban J connectivity index is 1.56. The average molecular weight is 444 g/mol. The fourth-order valence-corrected chi connectivity index (χ4v) is 3.75. The van der Waals surface area contributed by atoms with Crippen molar-refractivity contribution in [3.63, 3.8) is 0 Å². The van der Waals surface area contributed by atoms with Crippen molar-refractivity contribution >= 4 is 17.7 Å². The van der Waals surface area contributed by atoms with Crippen LogP contribution in [-0.4, -0.2) is 48.8 Å². The highest BCUT2D eigenvalue weighted by atomic mass is 16.7. The van der Waals surface area contributed by atoms with Crippen LogP contribution in [0.3, 0.4) is 0 Å². The maximum atomic E-state index is 12.1. The predicted molar refractivity (Wildman–Crippen MR) is 126 cm³/mol. The van der Waals surface area contributed by atoms with Crippen molar-refractivity contribution in [2.24, 2.45) is 10.9 Å². The summed E-state index contributed by atoms with van der Waals surface area (Å²) < 4.78 is 0. The van der Waals surface area contributed by atoms with Crippen molar-refractivity contribution in [3.8, 4) is 6.19 Å². The second-order valence-electron chi connectivity index (χ2n) is 8.07. The number of rotatable bonds is 12. The predicted octanol–water partition coefficient (Wildman–Crippen LogP) is 4.02. The van der Waals surface area contributed by atoms with Gasteiger partial charge in [-0.3, -0.25) is 9.82 Å². The standard InChI is InChI=1S/C23H37N7O2/c1-25-23(31)30(32-18-20-10-6-5-7-11-20)17-9-4-2-3-8-14-27-22(28-19-24)29-21-12-15-26-16-13-21/h12-13,15-16,20H,2-11,14,17-18H2,1H3,(H,25,31)(H2,26,27,28,29). The molecule has 0 bridgehead atoms. The number of carbonyl (C=O) groups excluding carboxylic acids is 1. The molecular weight excluding hydrogens is 406 g/mol. The number of guanidine groups is 1. The summed E-state index contributed by atoms with van der Waals surface area (Å²) in [6.07, 6.45) is 16.5. The van der Waals surface area contributed by atoms with E-state index in [1.807, 2.05) is 18.3 Å². The zero-order chi connectivity index (χ0) is 22.9. The quantitative estimate of drug-likeness (QED) is 0.148. The first-order valence-corrected chi connectivity index (χ1v) is 11.7. The Kier molecular flexibility index (Phi) is 12.6. The number of hydrogen-bond donors (Lipinski definition) is 3. The number of nitriles is 1. The van der Waals surface area contributed by atoms with Crippen molar-refractivity contribution in [2.45, 2.75) is 64.2 Å². The van der Waals surface area contributed by atoms with Gasteiger partial charge in [-0.15, -0.1) is 4.99 Å². The van der Waals surface area contributed by atoms with Gasteiger partial charge in [-0.1, -0.05) is 38.5 Å². The molecule has 0 atom stereocenters. The van der Waals surface area contributed by atoms with Crippen molar-refractivity contribution in [1.82, 2.24) is 20.7 Å². The van der Waals surface area contributed by atoms with E-state index >= 15 is 0 Å². The lowest BCUT2D eigenvalue weighted by Gasteiger charge is -2.26. The van der Waals surface area contributed by atoms with E-state index in [1.165, 1.54) is 37.2 Å². The smallest absolute Gasteiger partial charge is 0.341 e. The summed E-state index contributed by atoms with van der Waals surface area (Å²) >= 11 is 0. The topological polar surface area (TPSA) is 115 Å². The number of pyridine rings is 1. The van der Waals surface area contributed by atoms with Gasteiger partial charge in [0.1, 0.15) is 0 Å². The van der Waals surface area contributed by atoms with Gasteiger partial charge in [-0.05, 0) is 43.7 Å². The van der Waals surface area contributed by atoms with Crippen LogP contribution in [0.2, 0.25) is 0 Å². The largest absolute Gasteiger partial charge is 0.355 e. The molecule has 2 amide bonds. The Hall–Kier alpha value is -2.86. The van der Waals surface area contributed by atoms with Crippen LogP contribution in [0.5, 0.6) is 0 Å². The van der Waals surface area contributed by atoms with E-state index in [-0.39, 0.29) is 6.03 Å². The summed E-state index contributed by atoms with van der Waals surface area (Å²) in [5, 5.41) is 19.3. The molecule has 1 heterocycles. The molecule has 9 heteroatoms. The number of aliphatic imine (C=N–C) groups is 1. The highest BCUT2D eigenvalue weighted by molar-refractivity contribution is 5.94. The first-order valence-electron chi connectivity index (χ1n) is 11.7. The molecule has 0 aliphatic heterocycles. The van der Waals surface area contributed by atoms with Gasteiger partial charge in [0.05, 0.1) is 13.2 Å². The van der Waals surface area contributed by atoms with Gasteiger partial charge in [0.15, 0.2) is 0 Å². The molecule has 1 aliphatic rings. The van der Waals surface area contributed by atoms with E-state index < -0.39 is 0 Å². The third-order valence-corrected chi connectivity index (χ3v) is 5.57. The molecule has 3 N–H and O–H groups in total. The van der Waals surface area contributed by atoms with Gasteiger partial charge >= 0.3 is 6.03 Å². The summed E-state index contributed by atoms with van der Waals surface area (Å²) in [5.41, 5.74) is 0.827. The zero-order valence-corrected chi connectivity index (χ0v) is 19.2. The van der Waals surface area contributed by atoms with Crippen molar-refractivity contribution < 1.29 is 9.63 Å². The molecule has 1 fully saturated rings. The fourth-order valence-electron chi connectivity index (χ4n) is 3.75. The van der Waals surface area contributed by atoms with Crippen LogP contribution in [0.4, 0.5) is 10.5 Å². The van der Waals surface area contributed by atoms with Gasteiger partial charge in [0.25, 0.3) is 0 Å². The van der Waals surface area contributed by atoms with Crippen molar-refractivity contribution in [3.05, 3.63) is 24.5 Å². The number of carbonyl (C=O) groups is 1. The molecular formula is C23H37N7O2. The van der Waals surface area contributed by atoms with Gasteiger partial charge in [0.2, 0.25) is 12.2 Å². The maximum Gasteiger partial charge on any atom is 0.341 e. The van der Waals surface area contributed by atoms with Crippen LogP contribution in [-0.2, 0) is 4.84 Å². The molecule has 0 saturated heterocycles. The highest BCUT2D eigenvalue weighted by Gasteiger charge is 2.18. The second-order valence-corrected chi connectivity index (χ2v) is 8.07. The number of urea groups is 1. The minimum absolute atomic E-state index is 0.170. The van der Waals surface area contributed by atoms with E-state index in [9.17, 15) is 4.79 Å². The number of amides is 2. The molecule has 0 aromatic carbocycles. The Morgan fingerprint density at radius 1 is 1.19 bits per heavy atom. The van der Waals surface area contributed by atoms with Crippen LogP contribution in [0.15, 0.2) is 29.5 Å². The Morgan fingerprint density at radius 3 is 2.62 bits per heavy atom. The number of nitrogens with one attached hydrogen (secondary N) is 3. The summed E-state index contributed by atoms with van der Waals surface area (Å²) in [6.45, 7) is 1.98. The first-order chi connectivity index (χ1) is 15.7. The Labute approximate surface area is 191 Å². The number of nitrogens with zero attached hydrogens (tertiary/aromatic N) is 4. The Bertz CT molecular complexity index is 715. The van der Waals surface area contributed by atoms with Crippen LogP contribution >= 0.6 is 0 Å². The summed E-state index contributed by atoms with van der Waals surface area (Å²) in [7, 11) is 1.64. The number of hydrogen-bond acceptors (Lipinski definition) is 5. The zero-order valence-electron chi connectivity index (χ0n) is 19.2. The van der Waals surface area contributed by atoms with Crippen molar-refractivity contribution in [1.29, 1.82) is 5.26 Å². The summed E-state index contributed by atoms with van der Waals surface area (Å²) in [5.74, 6) is 1.01. The maximum absolute atomic E-state index is 12.1. The Morgan fingerprint density at radius 2 is 1.91 bits per heavy atom. The van der Waals surface area contributed by atoms with Crippen LogP contribution in [0.1, 0.15) is 64.2 Å². The van der Waals surface area contributed by atoms with Crippen LogP contribution in [0.25, 0.3) is 0 Å². The normalized spacial score (nSPS) is 14.4. The molecule has 0 unspecified atom stereocenters. The minimum Gasteiger partial charge on any atom is -0.355 e. The SMILES string of the molecule is CNC(=O)N(CCCCCCCN/C(=N\C#N)Nc1ccncc1)OCC1CCCCC1. The highest BCUT2D eigenvalue weighted by Crippen LogP contribution is 2.24. The van der Waals surface area contributed by atoms with E-state index in [4.69, 9.17) is 10.1 Å². The first kappa shape index (κ1) is 25.4. The van der Waals surface area contributed by atoms with Crippen LogP contribution in [0, 0.1) is 17.4 Å². The summed E-state index contributed by atoms with van der Waals surface area (Å²) in [4.78, 5) is 25.7. The lowest BCUT2D eigenvalue weighted by molar-refractivity contribution is -0.132. The van der Waals surface area contributed by atoms with E-state index in [2.05, 4.69) is 25.9 Å². The number of hydroxylamine groups is 2. The molecule has 1 aromatic heterocycles. The second kappa shape index (κ2) is 15.9. The number of unbranched alkanes of at least 4 members (excludes halogenated alkanes) is 4. The van der Waals surface area contributed by atoms with Crippen molar-refractivity contribution in [2.75, 3.05) is 32.1 Å².